The first-order valence-corrected chi connectivity index (χ1v) is 6.16. The first-order valence-electron chi connectivity index (χ1n) is 5.78. The summed E-state index contributed by atoms with van der Waals surface area (Å²) in [5.74, 6) is -1.41. The zero-order chi connectivity index (χ0) is 14.0. The van der Waals surface area contributed by atoms with Crippen molar-refractivity contribution < 1.29 is 19.4 Å². The second-order valence-corrected chi connectivity index (χ2v) is 4.73. The maximum absolute atomic E-state index is 11.9. The number of nitrogens with one attached hydrogen (secondary N) is 1. The van der Waals surface area contributed by atoms with Gasteiger partial charge in [-0.25, -0.2) is 9.78 Å². The zero-order valence-corrected chi connectivity index (χ0v) is 11.0. The molecule has 102 valence electrons. The molecule has 1 aliphatic rings. The molecule has 1 aromatic rings. The zero-order valence-electron chi connectivity index (χ0n) is 10.2. The summed E-state index contributed by atoms with van der Waals surface area (Å²) >= 11 is 5.72. The second-order valence-electron chi connectivity index (χ2n) is 4.34. The molecule has 2 unspecified atom stereocenters. The number of hydrogen-bond donors (Lipinski definition) is 2. The molecule has 1 aliphatic heterocycles. The molecule has 0 bridgehead atoms. The van der Waals surface area contributed by atoms with Crippen molar-refractivity contribution in [3.63, 3.8) is 0 Å². The number of halogens is 1. The van der Waals surface area contributed by atoms with Crippen molar-refractivity contribution in [1.82, 2.24) is 4.98 Å². The van der Waals surface area contributed by atoms with Gasteiger partial charge in [0.2, 0.25) is 0 Å². The highest BCUT2D eigenvalue weighted by atomic mass is 35.5. The predicted molar refractivity (Wildman–Crippen MR) is 68.1 cm³/mol. The molecule has 7 heteroatoms. The molecule has 2 atom stereocenters. The molecule has 6 nitrogen and oxygen atoms in total. The Balaban J connectivity index is 2.00. The molecule has 19 heavy (non-hydrogen) atoms. The van der Waals surface area contributed by atoms with Crippen molar-refractivity contribution in [2.24, 2.45) is 0 Å². The number of hydrogen-bond acceptors (Lipinski definition) is 4. The fourth-order valence-electron chi connectivity index (χ4n) is 1.88. The molecule has 0 radical (unpaired) electrons. The molecule has 2 N–H and O–H groups in total. The van der Waals surface area contributed by atoms with E-state index in [9.17, 15) is 9.59 Å². The Morgan fingerprint density at radius 1 is 1.47 bits per heavy atom. The smallest absolute Gasteiger partial charge is 0.332 e. The van der Waals surface area contributed by atoms with Crippen molar-refractivity contribution in [2.45, 2.75) is 32.0 Å². The first-order chi connectivity index (χ1) is 8.97. The maximum atomic E-state index is 11.9. The lowest BCUT2D eigenvalue weighted by Crippen LogP contribution is -2.30. The standard InChI is InChI=1S/C12H13ClN2O4/c1-6-4-10(13)14-5-7(6)15-11(16)8-2-3-9(19-8)12(17)18/h4-5,8-9H,2-3H2,1H3,(H,15,16)(H,17,18). The number of anilines is 1. The van der Waals surface area contributed by atoms with Gasteiger partial charge in [-0.3, -0.25) is 4.79 Å². The van der Waals surface area contributed by atoms with Crippen LogP contribution < -0.4 is 5.32 Å². The van der Waals surface area contributed by atoms with Crippen LogP contribution in [0.15, 0.2) is 12.3 Å². The van der Waals surface area contributed by atoms with Gasteiger partial charge in [-0.15, -0.1) is 0 Å². The van der Waals surface area contributed by atoms with Gasteiger partial charge in [-0.05, 0) is 31.4 Å². The van der Waals surface area contributed by atoms with Crippen LogP contribution in [-0.4, -0.2) is 34.2 Å². The summed E-state index contributed by atoms with van der Waals surface area (Å²) < 4.78 is 5.16. The third kappa shape index (κ3) is 3.21. The highest BCUT2D eigenvalue weighted by Gasteiger charge is 2.34. The van der Waals surface area contributed by atoms with Gasteiger partial charge in [-0.2, -0.15) is 0 Å². The van der Waals surface area contributed by atoms with Crippen LogP contribution in [0.4, 0.5) is 5.69 Å². The van der Waals surface area contributed by atoms with E-state index >= 15 is 0 Å². The first kappa shape index (κ1) is 13.8. The Morgan fingerprint density at radius 3 is 2.74 bits per heavy atom. The van der Waals surface area contributed by atoms with Crippen LogP contribution in [0.25, 0.3) is 0 Å². The number of aliphatic carboxylic acids is 1. The van der Waals surface area contributed by atoms with Crippen LogP contribution in [0.1, 0.15) is 18.4 Å². The lowest BCUT2D eigenvalue weighted by atomic mass is 10.2. The van der Waals surface area contributed by atoms with Crippen molar-refractivity contribution in [1.29, 1.82) is 0 Å². The lowest BCUT2D eigenvalue weighted by molar-refractivity contribution is -0.150. The second kappa shape index (κ2) is 5.54. The van der Waals surface area contributed by atoms with Gasteiger partial charge in [0.1, 0.15) is 11.3 Å². The Hall–Kier alpha value is -1.66. The van der Waals surface area contributed by atoms with Crippen LogP contribution in [0.3, 0.4) is 0 Å². The Morgan fingerprint density at radius 2 is 2.16 bits per heavy atom. The molecule has 0 spiro atoms. The summed E-state index contributed by atoms with van der Waals surface area (Å²) in [5, 5.41) is 11.8. The minimum Gasteiger partial charge on any atom is -0.479 e. The molecule has 0 aliphatic carbocycles. The van der Waals surface area contributed by atoms with Crippen LogP contribution in [-0.2, 0) is 14.3 Å². The third-order valence-corrected chi connectivity index (χ3v) is 3.13. The Labute approximate surface area is 114 Å². The topological polar surface area (TPSA) is 88.5 Å². The number of aromatic nitrogens is 1. The van der Waals surface area contributed by atoms with E-state index < -0.39 is 18.2 Å². The summed E-state index contributed by atoms with van der Waals surface area (Å²) in [5.41, 5.74) is 1.32. The van der Waals surface area contributed by atoms with Gasteiger partial charge in [0.05, 0.1) is 11.9 Å². The van der Waals surface area contributed by atoms with Gasteiger partial charge in [0, 0.05) is 0 Å². The molecule has 1 amide bonds. The molecular weight excluding hydrogens is 272 g/mol. The van der Waals surface area contributed by atoms with E-state index in [2.05, 4.69) is 10.3 Å². The summed E-state index contributed by atoms with van der Waals surface area (Å²) in [6.45, 7) is 1.79. The number of carbonyl (C=O) groups is 2. The number of aryl methyl sites for hydroxylation is 1. The SMILES string of the molecule is Cc1cc(Cl)ncc1NC(=O)C1CCC(C(=O)O)O1. The quantitative estimate of drug-likeness (QED) is 0.823. The van der Waals surface area contributed by atoms with Gasteiger partial charge in [0.25, 0.3) is 5.91 Å². The highest BCUT2D eigenvalue weighted by molar-refractivity contribution is 6.29. The van der Waals surface area contributed by atoms with Crippen molar-refractivity contribution in [2.75, 3.05) is 5.32 Å². The van der Waals surface area contributed by atoms with E-state index in [0.717, 1.165) is 5.56 Å². The van der Waals surface area contributed by atoms with E-state index in [1.54, 1.807) is 13.0 Å². The van der Waals surface area contributed by atoms with Gasteiger partial charge in [-0.1, -0.05) is 11.6 Å². The van der Waals surface area contributed by atoms with Crippen LogP contribution in [0, 0.1) is 6.92 Å². The van der Waals surface area contributed by atoms with Crippen molar-refractivity contribution in [3.8, 4) is 0 Å². The van der Waals surface area contributed by atoms with E-state index in [0.29, 0.717) is 23.7 Å². The van der Waals surface area contributed by atoms with Gasteiger partial charge in [0.15, 0.2) is 6.10 Å². The lowest BCUT2D eigenvalue weighted by Gasteiger charge is -2.13. The Kier molecular flexibility index (Phi) is 4.01. The van der Waals surface area contributed by atoms with E-state index in [4.69, 9.17) is 21.4 Å². The predicted octanol–water partition coefficient (Wildman–Crippen LogP) is 1.61. The van der Waals surface area contributed by atoms with Crippen LogP contribution >= 0.6 is 11.6 Å². The summed E-state index contributed by atoms with van der Waals surface area (Å²) in [4.78, 5) is 26.5. The monoisotopic (exact) mass is 284 g/mol. The van der Waals surface area contributed by atoms with Gasteiger partial charge < -0.3 is 15.2 Å². The summed E-state index contributed by atoms with van der Waals surface area (Å²) in [7, 11) is 0. The molecule has 1 fully saturated rings. The molecule has 0 aromatic carbocycles. The average molecular weight is 285 g/mol. The fraction of sp³-hybridized carbons (Fsp3) is 0.417. The third-order valence-electron chi connectivity index (χ3n) is 2.92. The molecule has 1 aromatic heterocycles. The number of amides is 1. The fourth-order valence-corrected chi connectivity index (χ4v) is 2.09. The number of nitrogens with zero attached hydrogens (tertiary/aromatic N) is 1. The van der Waals surface area contributed by atoms with Gasteiger partial charge >= 0.3 is 5.97 Å². The number of carboxylic acid groups (broad SMARTS) is 1. The minimum absolute atomic E-state index is 0.339. The van der Waals surface area contributed by atoms with Crippen molar-refractivity contribution >= 4 is 29.2 Å². The Bertz CT molecular complexity index is 520. The largest absolute Gasteiger partial charge is 0.479 e. The van der Waals surface area contributed by atoms with E-state index in [-0.39, 0.29) is 5.91 Å². The minimum atomic E-state index is -1.04. The number of pyridine rings is 1. The number of carboxylic acids is 1. The molecule has 0 saturated carbocycles. The summed E-state index contributed by atoms with van der Waals surface area (Å²) in [6.07, 6.45) is 0.546. The highest BCUT2D eigenvalue weighted by Crippen LogP contribution is 2.22. The molecular formula is C12H13ClN2O4. The normalized spacial score (nSPS) is 22.2. The molecule has 1 saturated heterocycles. The van der Waals surface area contributed by atoms with E-state index in [1.165, 1.54) is 6.20 Å². The number of ether oxygens (including phenoxy) is 1. The molecule has 2 rings (SSSR count). The average Bonchev–Trinajstić information content (AvgIpc) is 2.82. The summed E-state index contributed by atoms with van der Waals surface area (Å²) in [6, 6.07) is 1.63. The number of carbonyl (C=O) groups excluding carboxylic acids is 1. The number of rotatable bonds is 3. The van der Waals surface area contributed by atoms with Crippen LogP contribution in [0.2, 0.25) is 5.15 Å². The molecule has 2 heterocycles. The maximum Gasteiger partial charge on any atom is 0.332 e. The van der Waals surface area contributed by atoms with Crippen molar-refractivity contribution in [3.05, 3.63) is 23.0 Å². The van der Waals surface area contributed by atoms with Crippen LogP contribution in [0.5, 0.6) is 0 Å². The van der Waals surface area contributed by atoms with E-state index in [1.807, 2.05) is 0 Å².